The molecule has 0 radical (unpaired) electrons. The molecule has 0 aliphatic heterocycles. The lowest BCUT2D eigenvalue weighted by atomic mass is 9.66. The van der Waals surface area contributed by atoms with Crippen LogP contribution in [0.2, 0.25) is 0 Å². The summed E-state index contributed by atoms with van der Waals surface area (Å²) >= 11 is 0. The second kappa shape index (κ2) is 5.59. The van der Waals surface area contributed by atoms with Crippen LogP contribution in [0.1, 0.15) is 86.5 Å². The van der Waals surface area contributed by atoms with Crippen LogP contribution in [0, 0.1) is 22.7 Å². The lowest BCUT2D eigenvalue weighted by Crippen LogP contribution is -2.47. The second-order valence-corrected chi connectivity index (χ2v) is 9.26. The molecule has 0 aromatic heterocycles. The lowest BCUT2D eigenvalue weighted by molar-refractivity contribution is -0.182. The third-order valence-corrected chi connectivity index (χ3v) is 6.53. The van der Waals surface area contributed by atoms with Gasteiger partial charge in [-0.2, -0.15) is 0 Å². The molecule has 2 saturated carbocycles. The third-order valence-electron chi connectivity index (χ3n) is 6.53. The van der Waals surface area contributed by atoms with Gasteiger partial charge in [0.1, 0.15) is 5.60 Å². The summed E-state index contributed by atoms with van der Waals surface area (Å²) in [6.07, 6.45) is 8.84. The van der Waals surface area contributed by atoms with E-state index >= 15 is 0 Å². The first-order valence-corrected chi connectivity index (χ1v) is 8.79. The van der Waals surface area contributed by atoms with E-state index in [-0.39, 0.29) is 17.0 Å². The molecule has 3 atom stereocenters. The van der Waals surface area contributed by atoms with Gasteiger partial charge >= 0.3 is 5.97 Å². The van der Waals surface area contributed by atoms with E-state index in [1.807, 2.05) is 13.8 Å². The molecule has 2 aliphatic rings. The summed E-state index contributed by atoms with van der Waals surface area (Å²) in [6, 6.07) is 0. The van der Waals surface area contributed by atoms with E-state index in [0.29, 0.717) is 0 Å². The number of hydrogen-bond donors (Lipinski definition) is 0. The molecule has 3 unspecified atom stereocenters. The van der Waals surface area contributed by atoms with Crippen LogP contribution in [0.15, 0.2) is 0 Å². The zero-order valence-electron chi connectivity index (χ0n) is 14.9. The van der Waals surface area contributed by atoms with Crippen molar-refractivity contribution in [3.05, 3.63) is 0 Å². The summed E-state index contributed by atoms with van der Waals surface area (Å²) in [6.45, 7) is 12.6. The van der Waals surface area contributed by atoms with Crippen molar-refractivity contribution in [3.63, 3.8) is 0 Å². The summed E-state index contributed by atoms with van der Waals surface area (Å²) < 4.78 is 6.08. The quantitative estimate of drug-likeness (QED) is 0.642. The van der Waals surface area contributed by atoms with Crippen LogP contribution in [0.25, 0.3) is 0 Å². The van der Waals surface area contributed by atoms with Crippen molar-refractivity contribution in [1.82, 2.24) is 0 Å². The molecule has 0 bridgehead atoms. The van der Waals surface area contributed by atoms with Crippen LogP contribution >= 0.6 is 0 Å². The first-order chi connectivity index (χ1) is 9.55. The summed E-state index contributed by atoms with van der Waals surface area (Å²) in [4.78, 5) is 12.7. The van der Waals surface area contributed by atoms with E-state index in [0.717, 1.165) is 24.7 Å². The van der Waals surface area contributed by atoms with Gasteiger partial charge in [-0.1, -0.05) is 46.5 Å². The first kappa shape index (κ1) is 16.8. The Balaban J connectivity index is 2.03. The normalized spacial score (nSPS) is 34.2. The summed E-state index contributed by atoms with van der Waals surface area (Å²) in [5.41, 5.74) is -0.764. The van der Waals surface area contributed by atoms with Gasteiger partial charge in [0.25, 0.3) is 0 Å². The summed E-state index contributed by atoms with van der Waals surface area (Å²) in [7, 11) is 0. The molecule has 2 rings (SSSR count). The third kappa shape index (κ3) is 3.46. The van der Waals surface area contributed by atoms with Crippen LogP contribution in [0.3, 0.4) is 0 Å². The van der Waals surface area contributed by atoms with E-state index in [2.05, 4.69) is 27.7 Å². The van der Waals surface area contributed by atoms with Crippen molar-refractivity contribution in [1.29, 1.82) is 0 Å². The van der Waals surface area contributed by atoms with E-state index in [1.54, 1.807) is 0 Å². The van der Waals surface area contributed by atoms with Gasteiger partial charge in [-0.05, 0) is 57.3 Å². The maximum absolute atomic E-state index is 12.7. The molecule has 2 aliphatic carbocycles. The highest BCUT2D eigenvalue weighted by Crippen LogP contribution is 2.47. The Bertz CT molecular complexity index is 391. The maximum Gasteiger partial charge on any atom is 0.312 e. The lowest BCUT2D eigenvalue weighted by Gasteiger charge is -2.46. The Labute approximate surface area is 131 Å². The number of hydrogen-bond acceptors (Lipinski definition) is 2. The summed E-state index contributed by atoms with van der Waals surface area (Å²) in [5, 5.41) is 0. The van der Waals surface area contributed by atoms with Gasteiger partial charge in [0.2, 0.25) is 0 Å². The van der Waals surface area contributed by atoms with Gasteiger partial charge in [0, 0.05) is 0 Å². The first-order valence-electron chi connectivity index (χ1n) is 8.79. The number of ether oxygens (including phenoxy) is 1. The van der Waals surface area contributed by atoms with Crippen molar-refractivity contribution in [2.45, 2.75) is 92.1 Å². The number of carbonyl (C=O) groups excluding carboxylic acids is 1. The van der Waals surface area contributed by atoms with Crippen LogP contribution in [0.4, 0.5) is 0 Å². The zero-order chi connectivity index (χ0) is 15.9. The average molecular weight is 294 g/mol. The van der Waals surface area contributed by atoms with Crippen molar-refractivity contribution in [2.75, 3.05) is 0 Å². The predicted molar refractivity (Wildman–Crippen MR) is 87.0 cm³/mol. The highest BCUT2D eigenvalue weighted by Gasteiger charge is 2.46. The molecule has 0 N–H and O–H groups in total. The molecule has 2 nitrogen and oxygen atoms in total. The van der Waals surface area contributed by atoms with Crippen molar-refractivity contribution >= 4 is 5.97 Å². The fourth-order valence-corrected chi connectivity index (χ4v) is 3.83. The van der Waals surface area contributed by atoms with Crippen molar-refractivity contribution in [3.8, 4) is 0 Å². The number of fused-ring (bicyclic) bond motifs is 1. The number of rotatable bonds is 2. The van der Waals surface area contributed by atoms with Crippen LogP contribution < -0.4 is 0 Å². The molecule has 0 saturated heterocycles. The van der Waals surface area contributed by atoms with E-state index in [1.165, 1.54) is 32.1 Å². The smallest absolute Gasteiger partial charge is 0.312 e. The van der Waals surface area contributed by atoms with Gasteiger partial charge in [-0.25, -0.2) is 0 Å². The molecule has 2 heteroatoms. The Hall–Kier alpha value is -0.530. The molecule has 122 valence electrons. The Morgan fingerprint density at radius 2 is 1.57 bits per heavy atom. The van der Waals surface area contributed by atoms with Gasteiger partial charge in [-0.15, -0.1) is 0 Å². The molecule has 0 amide bonds. The van der Waals surface area contributed by atoms with Gasteiger partial charge in [-0.3, -0.25) is 4.79 Å². The Morgan fingerprint density at radius 3 is 2.14 bits per heavy atom. The highest BCUT2D eigenvalue weighted by molar-refractivity contribution is 5.77. The largest absolute Gasteiger partial charge is 0.459 e. The SMILES string of the molecule is CC1(OC(=O)C(C)(C)C(C)(C)C)CCC2CCCCC2C1. The van der Waals surface area contributed by atoms with E-state index < -0.39 is 5.41 Å². The number of esters is 1. The molecular formula is C19H34O2. The number of carbonyl (C=O) groups is 1. The monoisotopic (exact) mass is 294 g/mol. The van der Waals surface area contributed by atoms with Crippen molar-refractivity contribution < 1.29 is 9.53 Å². The minimum absolute atomic E-state index is 0.0215. The Morgan fingerprint density at radius 1 is 1.00 bits per heavy atom. The van der Waals surface area contributed by atoms with Crippen molar-refractivity contribution in [2.24, 2.45) is 22.7 Å². The van der Waals surface area contributed by atoms with Crippen LogP contribution in [0.5, 0.6) is 0 Å². The van der Waals surface area contributed by atoms with Gasteiger partial charge < -0.3 is 4.74 Å². The fourth-order valence-electron chi connectivity index (χ4n) is 3.83. The molecule has 0 aromatic carbocycles. The average Bonchev–Trinajstić information content (AvgIpc) is 2.36. The highest BCUT2D eigenvalue weighted by atomic mass is 16.6. The topological polar surface area (TPSA) is 26.3 Å². The standard InChI is InChI=1S/C19H34O2/c1-17(2,3)18(4,5)16(20)21-19(6)12-11-14-9-7-8-10-15(14)13-19/h14-15H,7-13H2,1-6H3. The Kier molecular flexibility index (Phi) is 4.48. The second-order valence-electron chi connectivity index (χ2n) is 9.26. The molecule has 21 heavy (non-hydrogen) atoms. The van der Waals surface area contributed by atoms with Crippen LogP contribution in [-0.4, -0.2) is 11.6 Å². The summed E-state index contributed by atoms with van der Waals surface area (Å²) in [5.74, 6) is 1.65. The van der Waals surface area contributed by atoms with E-state index in [4.69, 9.17) is 4.74 Å². The molecular weight excluding hydrogens is 260 g/mol. The zero-order valence-corrected chi connectivity index (χ0v) is 14.9. The maximum atomic E-state index is 12.7. The van der Waals surface area contributed by atoms with Gasteiger partial charge in [0.05, 0.1) is 5.41 Å². The van der Waals surface area contributed by atoms with Crippen LogP contribution in [-0.2, 0) is 9.53 Å². The molecule has 0 heterocycles. The minimum Gasteiger partial charge on any atom is -0.459 e. The van der Waals surface area contributed by atoms with Gasteiger partial charge in [0.15, 0.2) is 0 Å². The molecule has 0 spiro atoms. The molecule has 0 aromatic rings. The predicted octanol–water partition coefficient (Wildman–Crippen LogP) is 5.35. The van der Waals surface area contributed by atoms with E-state index in [9.17, 15) is 4.79 Å². The fraction of sp³-hybridized carbons (Fsp3) is 0.947. The molecule has 2 fully saturated rings. The minimum atomic E-state index is -0.445.